The molecule has 2 aliphatic rings. The van der Waals surface area contributed by atoms with E-state index in [1.54, 1.807) is 7.05 Å². The Bertz CT molecular complexity index is 548. The first-order valence-electron chi connectivity index (χ1n) is 7.71. The summed E-state index contributed by atoms with van der Waals surface area (Å²) in [5.74, 6) is 1.04. The minimum Gasteiger partial charge on any atom is -0.355 e. The number of nitrogens with zero attached hydrogens (tertiary/aromatic N) is 1. The van der Waals surface area contributed by atoms with Crippen molar-refractivity contribution < 1.29 is 9.59 Å². The van der Waals surface area contributed by atoms with Crippen molar-refractivity contribution in [3.05, 3.63) is 35.4 Å². The lowest BCUT2D eigenvalue weighted by atomic mass is 10.1. The first kappa shape index (κ1) is 14.1. The molecule has 2 saturated carbocycles. The van der Waals surface area contributed by atoms with Crippen LogP contribution < -0.4 is 5.32 Å². The van der Waals surface area contributed by atoms with Gasteiger partial charge in [0, 0.05) is 31.1 Å². The smallest absolute Gasteiger partial charge is 0.251 e. The molecule has 2 aliphatic carbocycles. The van der Waals surface area contributed by atoms with Crippen molar-refractivity contribution in [2.24, 2.45) is 11.8 Å². The molecule has 2 fully saturated rings. The van der Waals surface area contributed by atoms with Gasteiger partial charge in [0.1, 0.15) is 0 Å². The van der Waals surface area contributed by atoms with Crippen molar-refractivity contribution in [3.8, 4) is 0 Å². The minimum atomic E-state index is -0.0801. The average Bonchev–Trinajstić information content (AvgIpc) is 3.40. The molecule has 0 aliphatic heterocycles. The van der Waals surface area contributed by atoms with Crippen LogP contribution in [0.3, 0.4) is 0 Å². The highest BCUT2D eigenvalue weighted by atomic mass is 16.2. The second-order valence-corrected chi connectivity index (χ2v) is 6.29. The van der Waals surface area contributed by atoms with Crippen molar-refractivity contribution in [1.29, 1.82) is 0 Å². The summed E-state index contributed by atoms with van der Waals surface area (Å²) in [6, 6.07) is 7.98. The highest BCUT2D eigenvalue weighted by molar-refractivity contribution is 5.93. The number of rotatable bonds is 5. The molecular weight excluding hydrogens is 264 g/mol. The second kappa shape index (κ2) is 5.51. The minimum absolute atomic E-state index is 0.0801. The van der Waals surface area contributed by atoms with Crippen LogP contribution >= 0.6 is 0 Å². The Morgan fingerprint density at radius 3 is 2.33 bits per heavy atom. The number of benzene rings is 1. The topological polar surface area (TPSA) is 49.4 Å². The molecule has 0 heterocycles. The number of carbonyl (C=O) groups excluding carboxylic acids is 2. The molecule has 0 aromatic heterocycles. The van der Waals surface area contributed by atoms with Crippen LogP contribution in [0.4, 0.5) is 0 Å². The zero-order valence-electron chi connectivity index (χ0n) is 12.6. The van der Waals surface area contributed by atoms with Gasteiger partial charge >= 0.3 is 0 Å². The molecule has 2 atom stereocenters. The normalized spacial score (nSPS) is 23.5. The van der Waals surface area contributed by atoms with Gasteiger partial charge in [-0.25, -0.2) is 0 Å². The van der Waals surface area contributed by atoms with E-state index in [0.29, 0.717) is 30.0 Å². The molecule has 1 aromatic carbocycles. The van der Waals surface area contributed by atoms with Crippen molar-refractivity contribution >= 4 is 11.8 Å². The van der Waals surface area contributed by atoms with E-state index in [9.17, 15) is 9.59 Å². The lowest BCUT2D eigenvalue weighted by Crippen LogP contribution is -2.34. The SMILES string of the molecule is CNC(=O)c1ccc(CN(C(=O)C2CC2C)C2CC2)cc1. The monoisotopic (exact) mass is 286 g/mol. The average molecular weight is 286 g/mol. The fraction of sp³-hybridized carbons (Fsp3) is 0.529. The standard InChI is InChI=1S/C17H22N2O2/c1-11-9-15(11)17(21)19(14-7-8-14)10-12-3-5-13(6-4-12)16(20)18-2/h3-6,11,14-15H,7-10H2,1-2H3,(H,18,20). The van der Waals surface area contributed by atoms with Gasteiger partial charge < -0.3 is 10.2 Å². The Balaban J connectivity index is 1.68. The van der Waals surface area contributed by atoms with Crippen molar-refractivity contribution in [2.75, 3.05) is 7.05 Å². The molecule has 0 bridgehead atoms. The van der Waals surface area contributed by atoms with Crippen LogP contribution in [-0.2, 0) is 11.3 Å². The summed E-state index contributed by atoms with van der Waals surface area (Å²) in [5.41, 5.74) is 1.75. The Morgan fingerprint density at radius 2 is 1.86 bits per heavy atom. The van der Waals surface area contributed by atoms with E-state index in [0.717, 1.165) is 24.8 Å². The summed E-state index contributed by atoms with van der Waals surface area (Å²) in [6.45, 7) is 2.81. The number of hydrogen-bond acceptors (Lipinski definition) is 2. The molecule has 4 heteroatoms. The maximum atomic E-state index is 12.5. The van der Waals surface area contributed by atoms with E-state index in [4.69, 9.17) is 0 Å². The van der Waals surface area contributed by atoms with Crippen LogP contribution in [0.5, 0.6) is 0 Å². The van der Waals surface area contributed by atoms with E-state index in [2.05, 4.69) is 12.2 Å². The first-order chi connectivity index (χ1) is 10.1. The summed E-state index contributed by atoms with van der Waals surface area (Å²) >= 11 is 0. The third kappa shape index (κ3) is 3.09. The molecule has 2 amide bonds. The maximum absolute atomic E-state index is 12.5. The predicted molar refractivity (Wildman–Crippen MR) is 80.7 cm³/mol. The van der Waals surface area contributed by atoms with Crippen molar-refractivity contribution in [2.45, 2.75) is 38.8 Å². The Labute approximate surface area is 125 Å². The van der Waals surface area contributed by atoms with Crippen LogP contribution in [0.2, 0.25) is 0 Å². The molecule has 4 nitrogen and oxygen atoms in total. The molecule has 0 spiro atoms. The summed E-state index contributed by atoms with van der Waals surface area (Å²) in [7, 11) is 1.63. The van der Waals surface area contributed by atoms with Crippen LogP contribution in [-0.4, -0.2) is 29.8 Å². The zero-order chi connectivity index (χ0) is 15.0. The summed E-state index contributed by atoms with van der Waals surface area (Å²) in [6.07, 6.45) is 3.30. The van der Waals surface area contributed by atoms with Gasteiger partial charge in [0.15, 0.2) is 0 Å². The molecule has 3 rings (SSSR count). The summed E-state index contributed by atoms with van der Waals surface area (Å²) in [5, 5.41) is 2.61. The van der Waals surface area contributed by atoms with E-state index in [1.807, 2.05) is 29.2 Å². The molecule has 21 heavy (non-hydrogen) atoms. The molecular formula is C17H22N2O2. The van der Waals surface area contributed by atoms with Crippen LogP contribution in [0.25, 0.3) is 0 Å². The fourth-order valence-corrected chi connectivity index (χ4v) is 2.75. The molecule has 0 radical (unpaired) electrons. The Kier molecular flexibility index (Phi) is 3.70. The van der Waals surface area contributed by atoms with Gasteiger partial charge in [-0.1, -0.05) is 19.1 Å². The van der Waals surface area contributed by atoms with Gasteiger partial charge in [0.05, 0.1) is 0 Å². The number of nitrogens with one attached hydrogen (secondary N) is 1. The zero-order valence-corrected chi connectivity index (χ0v) is 12.6. The van der Waals surface area contributed by atoms with E-state index >= 15 is 0 Å². The van der Waals surface area contributed by atoms with Gasteiger partial charge in [0.2, 0.25) is 5.91 Å². The number of hydrogen-bond donors (Lipinski definition) is 1. The molecule has 1 N–H and O–H groups in total. The molecule has 0 saturated heterocycles. The molecule has 112 valence electrons. The van der Waals surface area contributed by atoms with E-state index < -0.39 is 0 Å². The molecule has 2 unspecified atom stereocenters. The van der Waals surface area contributed by atoms with E-state index in [-0.39, 0.29) is 11.8 Å². The number of carbonyl (C=O) groups is 2. The summed E-state index contributed by atoms with van der Waals surface area (Å²) < 4.78 is 0. The van der Waals surface area contributed by atoms with Crippen LogP contribution in [0.15, 0.2) is 24.3 Å². The Morgan fingerprint density at radius 1 is 1.24 bits per heavy atom. The van der Waals surface area contributed by atoms with Gasteiger partial charge in [-0.2, -0.15) is 0 Å². The first-order valence-corrected chi connectivity index (χ1v) is 7.71. The van der Waals surface area contributed by atoms with Crippen LogP contribution in [0, 0.1) is 11.8 Å². The number of amides is 2. The maximum Gasteiger partial charge on any atom is 0.251 e. The van der Waals surface area contributed by atoms with Crippen LogP contribution in [0.1, 0.15) is 42.1 Å². The highest BCUT2D eigenvalue weighted by Crippen LogP contribution is 2.42. The van der Waals surface area contributed by atoms with Gasteiger partial charge in [0.25, 0.3) is 5.91 Å². The van der Waals surface area contributed by atoms with Gasteiger partial charge in [-0.3, -0.25) is 9.59 Å². The highest BCUT2D eigenvalue weighted by Gasteiger charge is 2.44. The van der Waals surface area contributed by atoms with Gasteiger partial charge in [-0.05, 0) is 42.9 Å². The lowest BCUT2D eigenvalue weighted by molar-refractivity contribution is -0.134. The lowest BCUT2D eigenvalue weighted by Gasteiger charge is -2.23. The largest absolute Gasteiger partial charge is 0.355 e. The van der Waals surface area contributed by atoms with Gasteiger partial charge in [-0.15, -0.1) is 0 Å². The second-order valence-electron chi connectivity index (χ2n) is 6.29. The third-order valence-corrected chi connectivity index (χ3v) is 4.49. The fourth-order valence-electron chi connectivity index (χ4n) is 2.75. The Hall–Kier alpha value is -1.84. The molecule has 1 aromatic rings. The summed E-state index contributed by atoms with van der Waals surface area (Å²) in [4.78, 5) is 26.1. The van der Waals surface area contributed by atoms with Crippen molar-refractivity contribution in [3.63, 3.8) is 0 Å². The van der Waals surface area contributed by atoms with Crippen molar-refractivity contribution in [1.82, 2.24) is 10.2 Å². The predicted octanol–water partition coefficient (Wildman–Crippen LogP) is 2.19. The quantitative estimate of drug-likeness (QED) is 0.902. The van der Waals surface area contributed by atoms with E-state index in [1.165, 1.54) is 0 Å². The third-order valence-electron chi connectivity index (χ3n) is 4.49.